The van der Waals surface area contributed by atoms with Crippen LogP contribution in [0.2, 0.25) is 0 Å². The summed E-state index contributed by atoms with van der Waals surface area (Å²) in [6.45, 7) is 7.65. The third kappa shape index (κ3) is 6.91. The maximum absolute atomic E-state index is 13.3. The number of nitrogens with zero attached hydrogens (tertiary/aromatic N) is 3. The van der Waals surface area contributed by atoms with Crippen LogP contribution >= 0.6 is 27.7 Å². The van der Waals surface area contributed by atoms with Gasteiger partial charge in [0, 0.05) is 29.8 Å². The molecule has 2 heterocycles. The van der Waals surface area contributed by atoms with E-state index < -0.39 is 0 Å². The van der Waals surface area contributed by atoms with Crippen molar-refractivity contribution in [2.24, 2.45) is 4.99 Å². The van der Waals surface area contributed by atoms with Crippen LogP contribution in [0.25, 0.3) is 6.08 Å². The quantitative estimate of drug-likeness (QED) is 0.227. The molecule has 2 aliphatic rings. The van der Waals surface area contributed by atoms with Crippen LogP contribution in [0.5, 0.6) is 11.5 Å². The van der Waals surface area contributed by atoms with Crippen LogP contribution in [-0.2, 0) is 11.4 Å². The first-order valence-corrected chi connectivity index (χ1v) is 15.4. The molecule has 0 saturated carbocycles. The highest BCUT2D eigenvalue weighted by molar-refractivity contribution is 9.10. The predicted molar refractivity (Wildman–Crippen MR) is 169 cm³/mol. The summed E-state index contributed by atoms with van der Waals surface area (Å²) >= 11 is 4.87. The van der Waals surface area contributed by atoms with Gasteiger partial charge in [0.05, 0.1) is 17.2 Å². The Morgan fingerprint density at radius 3 is 2.38 bits per heavy atom. The average molecular weight is 621 g/mol. The minimum absolute atomic E-state index is 0.0373. The molecule has 0 N–H and O–H groups in total. The minimum atomic E-state index is -0.0373. The van der Waals surface area contributed by atoms with Crippen molar-refractivity contribution in [2.75, 3.05) is 31.1 Å². The molecule has 6 nitrogen and oxygen atoms in total. The molecule has 0 unspecified atom stereocenters. The van der Waals surface area contributed by atoms with Crippen LogP contribution in [0.4, 0.5) is 11.4 Å². The summed E-state index contributed by atoms with van der Waals surface area (Å²) in [4.78, 5) is 22.9. The van der Waals surface area contributed by atoms with Crippen molar-refractivity contribution < 1.29 is 14.3 Å². The van der Waals surface area contributed by atoms with E-state index in [-0.39, 0.29) is 5.91 Å². The number of hydrogen-bond acceptors (Lipinski definition) is 6. The number of hydrogen-bond donors (Lipinski definition) is 0. The molecule has 0 aromatic heterocycles. The maximum atomic E-state index is 13.3. The van der Waals surface area contributed by atoms with Crippen molar-refractivity contribution in [1.29, 1.82) is 0 Å². The van der Waals surface area contributed by atoms with E-state index in [1.807, 2.05) is 74.5 Å². The Hall–Kier alpha value is -3.23. The van der Waals surface area contributed by atoms with Crippen molar-refractivity contribution >= 4 is 56.2 Å². The summed E-state index contributed by atoms with van der Waals surface area (Å²) in [5.41, 5.74) is 4.03. The lowest BCUT2D eigenvalue weighted by atomic mass is 10.1. The lowest BCUT2D eigenvalue weighted by Crippen LogP contribution is -2.29. The van der Waals surface area contributed by atoms with Crippen LogP contribution in [0.15, 0.2) is 81.1 Å². The Morgan fingerprint density at radius 1 is 0.925 bits per heavy atom. The van der Waals surface area contributed by atoms with Crippen LogP contribution in [-0.4, -0.2) is 42.2 Å². The molecule has 2 saturated heterocycles. The van der Waals surface area contributed by atoms with Crippen molar-refractivity contribution in [3.05, 3.63) is 87.2 Å². The maximum Gasteiger partial charge on any atom is 0.266 e. The smallest absolute Gasteiger partial charge is 0.266 e. The van der Waals surface area contributed by atoms with Crippen LogP contribution < -0.4 is 14.4 Å². The zero-order valence-corrected chi connectivity index (χ0v) is 25.3. The van der Waals surface area contributed by atoms with Crippen molar-refractivity contribution in [3.8, 4) is 11.5 Å². The van der Waals surface area contributed by atoms with E-state index in [9.17, 15) is 4.79 Å². The number of carbonyl (C=O) groups excluding carboxylic acids is 1. The second-order valence-corrected chi connectivity index (χ2v) is 11.6. The van der Waals surface area contributed by atoms with Gasteiger partial charge in [0.15, 0.2) is 16.7 Å². The molecule has 208 valence electrons. The zero-order chi connectivity index (χ0) is 27.9. The van der Waals surface area contributed by atoms with Crippen molar-refractivity contribution in [2.45, 2.75) is 39.7 Å². The van der Waals surface area contributed by atoms with Gasteiger partial charge in [-0.15, -0.1) is 0 Å². The number of rotatable bonds is 9. The second kappa shape index (κ2) is 13.4. The molecule has 40 heavy (non-hydrogen) atoms. The van der Waals surface area contributed by atoms with Gasteiger partial charge in [-0.05, 0) is 111 Å². The fourth-order valence-electron chi connectivity index (χ4n) is 4.77. The highest BCUT2D eigenvalue weighted by atomic mass is 79.9. The first kappa shape index (κ1) is 28.3. The first-order valence-electron chi connectivity index (χ1n) is 13.8. The van der Waals surface area contributed by atoms with E-state index in [2.05, 4.69) is 33.0 Å². The standard InChI is InChI=1S/C32H34BrN3O3S/c1-3-36-31(37)30(40-32(36)34-26-13-15-27(16-14-26)35-18-6-5-7-19-35)21-24-10-17-28(29(20-24)38-4-2)39-22-23-8-11-25(33)12-9-23/h8-17,20-21H,3-7,18-19,22H2,1-2H3/b30-21-,34-32?. The summed E-state index contributed by atoms with van der Waals surface area (Å²) in [6.07, 6.45) is 5.71. The van der Waals surface area contributed by atoms with E-state index in [1.165, 1.54) is 36.7 Å². The molecular formula is C32H34BrN3O3S. The van der Waals surface area contributed by atoms with E-state index >= 15 is 0 Å². The Labute approximate surface area is 249 Å². The number of aliphatic imine (C=N–C) groups is 1. The van der Waals surface area contributed by atoms with Gasteiger partial charge in [-0.1, -0.05) is 34.1 Å². The average Bonchev–Trinajstić information content (AvgIpc) is 3.27. The summed E-state index contributed by atoms with van der Waals surface area (Å²) in [7, 11) is 0. The Balaban J connectivity index is 1.32. The van der Waals surface area contributed by atoms with Gasteiger partial charge in [0.1, 0.15) is 6.61 Å². The van der Waals surface area contributed by atoms with Gasteiger partial charge < -0.3 is 14.4 Å². The molecule has 3 aromatic rings. The molecule has 0 spiro atoms. The number of carbonyl (C=O) groups is 1. The fourth-order valence-corrected chi connectivity index (χ4v) is 6.09. The van der Waals surface area contributed by atoms with Crippen LogP contribution in [0.3, 0.4) is 0 Å². The second-order valence-electron chi connectivity index (χ2n) is 9.67. The molecule has 0 bridgehead atoms. The zero-order valence-electron chi connectivity index (χ0n) is 22.9. The third-order valence-electron chi connectivity index (χ3n) is 6.87. The Bertz CT molecular complexity index is 1380. The molecule has 1 amide bonds. The third-order valence-corrected chi connectivity index (χ3v) is 8.41. The summed E-state index contributed by atoms with van der Waals surface area (Å²) in [5.74, 6) is 1.28. The van der Waals surface area contributed by atoms with Gasteiger partial charge in [-0.3, -0.25) is 9.69 Å². The van der Waals surface area contributed by atoms with Gasteiger partial charge in [0.25, 0.3) is 5.91 Å². The Morgan fingerprint density at radius 2 is 1.68 bits per heavy atom. The minimum Gasteiger partial charge on any atom is -0.490 e. The van der Waals surface area contributed by atoms with E-state index in [4.69, 9.17) is 14.5 Å². The molecule has 2 fully saturated rings. The predicted octanol–water partition coefficient (Wildman–Crippen LogP) is 8.04. The number of likely N-dealkylation sites (N-methyl/N-ethyl adjacent to an activating group) is 1. The van der Waals surface area contributed by atoms with Gasteiger partial charge in [-0.2, -0.15) is 0 Å². The number of benzene rings is 3. The Kier molecular flexibility index (Phi) is 9.49. The molecule has 2 aliphatic heterocycles. The number of piperidine rings is 1. The highest BCUT2D eigenvalue weighted by Gasteiger charge is 2.32. The number of ether oxygens (including phenoxy) is 2. The van der Waals surface area contributed by atoms with Gasteiger partial charge in [0.2, 0.25) is 0 Å². The molecule has 0 aliphatic carbocycles. The number of thioether (sulfide) groups is 1. The molecule has 0 atom stereocenters. The van der Waals surface area contributed by atoms with E-state index in [1.54, 1.807) is 4.90 Å². The van der Waals surface area contributed by atoms with Gasteiger partial charge >= 0.3 is 0 Å². The van der Waals surface area contributed by atoms with Crippen LogP contribution in [0.1, 0.15) is 44.2 Å². The first-order chi connectivity index (χ1) is 19.5. The molecule has 5 rings (SSSR count). The van der Waals surface area contributed by atoms with Crippen molar-refractivity contribution in [1.82, 2.24) is 4.90 Å². The molecule has 3 aromatic carbocycles. The number of amides is 1. The van der Waals surface area contributed by atoms with E-state index in [0.29, 0.717) is 41.3 Å². The van der Waals surface area contributed by atoms with E-state index in [0.717, 1.165) is 34.4 Å². The normalized spacial score (nSPS) is 17.6. The molecular weight excluding hydrogens is 586 g/mol. The number of anilines is 1. The summed E-state index contributed by atoms with van der Waals surface area (Å²) < 4.78 is 13.0. The fraction of sp³-hybridized carbons (Fsp3) is 0.312. The molecule has 0 radical (unpaired) electrons. The lowest BCUT2D eigenvalue weighted by Gasteiger charge is -2.28. The topological polar surface area (TPSA) is 54.4 Å². The molecule has 8 heteroatoms. The van der Waals surface area contributed by atoms with Crippen molar-refractivity contribution in [3.63, 3.8) is 0 Å². The summed E-state index contributed by atoms with van der Waals surface area (Å²) in [5, 5.41) is 0.698. The number of amidine groups is 1. The van der Waals surface area contributed by atoms with Gasteiger partial charge in [-0.25, -0.2) is 4.99 Å². The highest BCUT2D eigenvalue weighted by Crippen LogP contribution is 2.36. The lowest BCUT2D eigenvalue weighted by molar-refractivity contribution is -0.122. The SMILES string of the molecule is CCOc1cc(/C=C2\SC(=Nc3ccc(N4CCCCC4)cc3)N(CC)C2=O)ccc1OCc1ccc(Br)cc1. The number of halogens is 1. The largest absolute Gasteiger partial charge is 0.490 e. The summed E-state index contributed by atoms with van der Waals surface area (Å²) in [6, 6.07) is 22.2. The van der Waals surface area contributed by atoms with Crippen LogP contribution in [0, 0.1) is 0 Å². The monoisotopic (exact) mass is 619 g/mol.